The minimum Gasteiger partial charge on any atom is -0.388 e. The summed E-state index contributed by atoms with van der Waals surface area (Å²) in [4.78, 5) is 16.7. The summed E-state index contributed by atoms with van der Waals surface area (Å²) in [5.74, 6) is 0.161. The first-order valence-corrected chi connectivity index (χ1v) is 8.04. The number of amides is 1. The summed E-state index contributed by atoms with van der Waals surface area (Å²) in [7, 11) is 0. The lowest BCUT2D eigenvalue weighted by atomic mass is 9.95. The molecule has 128 valence electrons. The summed E-state index contributed by atoms with van der Waals surface area (Å²) in [6.07, 6.45) is 2.16. The number of benzene rings is 1. The molecule has 0 bridgehead atoms. The van der Waals surface area contributed by atoms with Crippen molar-refractivity contribution in [2.24, 2.45) is 0 Å². The van der Waals surface area contributed by atoms with E-state index in [0.29, 0.717) is 17.3 Å². The Bertz CT molecular complexity index is 725. The van der Waals surface area contributed by atoms with Gasteiger partial charge in [-0.1, -0.05) is 30.1 Å². The molecule has 0 spiro atoms. The van der Waals surface area contributed by atoms with Crippen molar-refractivity contribution in [3.05, 3.63) is 47.4 Å². The van der Waals surface area contributed by atoms with Crippen LogP contribution in [0.4, 0.5) is 4.39 Å². The summed E-state index contributed by atoms with van der Waals surface area (Å²) in [5.41, 5.74) is -0.266. The van der Waals surface area contributed by atoms with Crippen LogP contribution in [0.15, 0.2) is 28.8 Å². The first-order chi connectivity index (χ1) is 11.5. The highest BCUT2D eigenvalue weighted by atomic mass is 19.1. The zero-order chi connectivity index (χ0) is 17.2. The minimum atomic E-state index is -1.06. The van der Waals surface area contributed by atoms with Gasteiger partial charge in [0.15, 0.2) is 5.82 Å². The van der Waals surface area contributed by atoms with E-state index in [0.717, 1.165) is 25.7 Å². The van der Waals surface area contributed by atoms with Gasteiger partial charge in [-0.15, -0.1) is 0 Å². The second-order valence-corrected chi connectivity index (χ2v) is 6.25. The lowest BCUT2D eigenvalue weighted by Gasteiger charge is -2.27. The Morgan fingerprint density at radius 1 is 1.46 bits per heavy atom. The van der Waals surface area contributed by atoms with Crippen molar-refractivity contribution in [2.45, 2.75) is 50.7 Å². The molecule has 24 heavy (non-hydrogen) atoms. The van der Waals surface area contributed by atoms with E-state index >= 15 is 0 Å². The van der Waals surface area contributed by atoms with E-state index in [1.807, 2.05) is 0 Å². The maximum atomic E-state index is 13.2. The minimum absolute atomic E-state index is 0.151. The Morgan fingerprint density at radius 2 is 2.21 bits per heavy atom. The van der Waals surface area contributed by atoms with Crippen molar-refractivity contribution in [3.8, 4) is 0 Å². The van der Waals surface area contributed by atoms with Crippen molar-refractivity contribution in [1.82, 2.24) is 15.5 Å². The van der Waals surface area contributed by atoms with Gasteiger partial charge in [0.25, 0.3) is 0 Å². The number of aryl methyl sites for hydroxylation is 1. The van der Waals surface area contributed by atoms with E-state index in [2.05, 4.69) is 15.5 Å². The fraction of sp³-hybridized carbons (Fsp3) is 0.471. The molecule has 1 atom stereocenters. The molecule has 1 aliphatic rings. The van der Waals surface area contributed by atoms with Crippen molar-refractivity contribution >= 4 is 5.91 Å². The lowest BCUT2D eigenvalue weighted by Crippen LogP contribution is -2.45. The van der Waals surface area contributed by atoms with Gasteiger partial charge in [-0.3, -0.25) is 4.79 Å². The van der Waals surface area contributed by atoms with Crippen LogP contribution in [0.1, 0.15) is 55.5 Å². The second kappa shape index (κ2) is 6.68. The van der Waals surface area contributed by atoms with Crippen LogP contribution in [-0.2, 0) is 10.3 Å². The lowest BCUT2D eigenvalue weighted by molar-refractivity contribution is -0.125. The molecule has 1 fully saturated rings. The Morgan fingerprint density at radius 3 is 2.83 bits per heavy atom. The molecule has 7 heteroatoms. The number of carbonyl (C=O) groups is 1. The summed E-state index contributed by atoms with van der Waals surface area (Å²) >= 11 is 0. The Hall–Kier alpha value is -2.28. The van der Waals surface area contributed by atoms with E-state index < -0.39 is 17.5 Å². The number of aliphatic hydroxyl groups excluding tert-OH is 1. The highest BCUT2D eigenvalue weighted by molar-refractivity contribution is 5.77. The Balaban J connectivity index is 1.70. The highest BCUT2D eigenvalue weighted by Gasteiger charge is 2.41. The quantitative estimate of drug-likeness (QED) is 0.878. The molecule has 1 amide bonds. The smallest absolute Gasteiger partial charge is 0.223 e. The van der Waals surface area contributed by atoms with Crippen LogP contribution in [0.2, 0.25) is 0 Å². The predicted octanol–water partition coefficient (Wildman–Crippen LogP) is 2.53. The van der Waals surface area contributed by atoms with Crippen LogP contribution in [0.5, 0.6) is 0 Å². The van der Waals surface area contributed by atoms with Gasteiger partial charge in [0, 0.05) is 6.92 Å². The van der Waals surface area contributed by atoms with Crippen molar-refractivity contribution in [2.75, 3.05) is 0 Å². The largest absolute Gasteiger partial charge is 0.388 e. The standard InChI is InChI=1S/C17H20FN3O3/c1-11-19-16(21-24-11)17(7-2-3-8-17)20-15(23)10-14(22)12-5-4-6-13(18)9-12/h4-6,9,14,22H,2-3,7-8,10H2,1H3,(H,20,23). The van der Waals surface area contributed by atoms with E-state index in [9.17, 15) is 14.3 Å². The molecule has 0 radical (unpaired) electrons. The van der Waals surface area contributed by atoms with Crippen LogP contribution in [0.25, 0.3) is 0 Å². The molecular weight excluding hydrogens is 313 g/mol. The van der Waals surface area contributed by atoms with Gasteiger partial charge in [0.05, 0.1) is 12.5 Å². The number of rotatable bonds is 5. The molecule has 6 nitrogen and oxygen atoms in total. The van der Waals surface area contributed by atoms with Crippen LogP contribution < -0.4 is 5.32 Å². The first-order valence-electron chi connectivity index (χ1n) is 8.04. The molecule has 1 heterocycles. The number of nitrogens with zero attached hydrogens (tertiary/aromatic N) is 2. The Kier molecular flexibility index (Phi) is 4.62. The topological polar surface area (TPSA) is 88.2 Å². The van der Waals surface area contributed by atoms with Crippen LogP contribution in [0, 0.1) is 12.7 Å². The molecule has 2 N–H and O–H groups in total. The summed E-state index contributed by atoms with van der Waals surface area (Å²) in [6, 6.07) is 5.62. The SMILES string of the molecule is Cc1nc(C2(NC(=O)CC(O)c3cccc(F)c3)CCCC2)no1. The number of carbonyl (C=O) groups excluding carboxylic acids is 1. The van der Waals surface area contributed by atoms with Crippen molar-refractivity contribution in [1.29, 1.82) is 0 Å². The molecule has 1 aromatic carbocycles. The zero-order valence-electron chi connectivity index (χ0n) is 13.5. The van der Waals surface area contributed by atoms with Gasteiger partial charge >= 0.3 is 0 Å². The van der Waals surface area contributed by atoms with E-state index in [1.165, 1.54) is 18.2 Å². The van der Waals surface area contributed by atoms with Crippen LogP contribution in [-0.4, -0.2) is 21.2 Å². The third-order valence-electron chi connectivity index (χ3n) is 4.40. The van der Waals surface area contributed by atoms with E-state index in [-0.39, 0.29) is 12.3 Å². The van der Waals surface area contributed by atoms with E-state index in [1.54, 1.807) is 13.0 Å². The number of halogens is 1. The van der Waals surface area contributed by atoms with Gasteiger partial charge in [-0.25, -0.2) is 4.39 Å². The van der Waals surface area contributed by atoms with Gasteiger partial charge in [-0.2, -0.15) is 4.98 Å². The normalized spacial score (nSPS) is 17.6. The second-order valence-electron chi connectivity index (χ2n) is 6.25. The third-order valence-corrected chi connectivity index (χ3v) is 4.40. The number of hydrogen-bond acceptors (Lipinski definition) is 5. The van der Waals surface area contributed by atoms with Crippen LogP contribution >= 0.6 is 0 Å². The number of aliphatic hydroxyl groups is 1. The van der Waals surface area contributed by atoms with Crippen LogP contribution in [0.3, 0.4) is 0 Å². The summed E-state index contributed by atoms with van der Waals surface area (Å²) < 4.78 is 18.3. The fourth-order valence-electron chi connectivity index (χ4n) is 3.20. The molecule has 1 aromatic heterocycles. The van der Waals surface area contributed by atoms with Gasteiger partial charge in [-0.05, 0) is 30.5 Å². The number of hydrogen-bond donors (Lipinski definition) is 2. The molecule has 1 saturated carbocycles. The maximum Gasteiger partial charge on any atom is 0.223 e. The predicted molar refractivity (Wildman–Crippen MR) is 83.3 cm³/mol. The molecule has 3 rings (SSSR count). The number of aromatic nitrogens is 2. The van der Waals surface area contributed by atoms with Crippen molar-refractivity contribution in [3.63, 3.8) is 0 Å². The first kappa shape index (κ1) is 16.6. The monoisotopic (exact) mass is 333 g/mol. The summed E-state index contributed by atoms with van der Waals surface area (Å²) in [5, 5.41) is 17.1. The van der Waals surface area contributed by atoms with E-state index in [4.69, 9.17) is 4.52 Å². The third kappa shape index (κ3) is 3.46. The molecular formula is C17H20FN3O3. The fourth-order valence-corrected chi connectivity index (χ4v) is 3.20. The molecule has 1 unspecified atom stereocenters. The van der Waals surface area contributed by atoms with Gasteiger partial charge in [0.1, 0.15) is 11.4 Å². The van der Waals surface area contributed by atoms with Crippen molar-refractivity contribution < 1.29 is 18.8 Å². The van der Waals surface area contributed by atoms with Gasteiger partial charge in [0.2, 0.25) is 11.8 Å². The average Bonchev–Trinajstić information content (AvgIpc) is 3.17. The highest BCUT2D eigenvalue weighted by Crippen LogP contribution is 2.37. The zero-order valence-corrected chi connectivity index (χ0v) is 13.5. The van der Waals surface area contributed by atoms with Gasteiger partial charge < -0.3 is 14.9 Å². The number of nitrogens with one attached hydrogen (secondary N) is 1. The molecule has 0 aliphatic heterocycles. The average molecular weight is 333 g/mol. The summed E-state index contributed by atoms with van der Waals surface area (Å²) in [6.45, 7) is 1.70. The maximum absolute atomic E-state index is 13.2. The molecule has 0 saturated heterocycles. The molecule has 1 aliphatic carbocycles. The Labute approximate surface area is 139 Å². The molecule has 2 aromatic rings.